The average Bonchev–Trinajstić information content (AvgIpc) is 2.70. The number of aliphatic hydroxyl groups is 9. The lowest BCUT2D eigenvalue weighted by Crippen LogP contribution is -2.51. The third-order valence-electron chi connectivity index (χ3n) is 5.02. The van der Waals surface area contributed by atoms with E-state index in [0.29, 0.717) is 0 Å². The molecule has 11 heteroatoms. The number of ether oxygens (including phenoxy) is 2. The number of hydrogen-bond acceptors (Lipinski definition) is 11. The van der Waals surface area contributed by atoms with Crippen LogP contribution in [0.5, 0.6) is 0 Å². The van der Waals surface area contributed by atoms with E-state index in [-0.39, 0.29) is 12.8 Å². The Balaban J connectivity index is 2.81. The normalized spacial score (nSPS) is 30.9. The Bertz CT molecular complexity index is 618. The first kappa shape index (κ1) is 26.4. The number of rotatable bonds is 9. The van der Waals surface area contributed by atoms with Crippen molar-refractivity contribution < 1.29 is 55.4 Å². The van der Waals surface area contributed by atoms with Gasteiger partial charge in [-0.05, 0) is 32.6 Å². The van der Waals surface area contributed by atoms with E-state index in [2.05, 4.69) is 0 Å². The van der Waals surface area contributed by atoms with Crippen LogP contribution in [0, 0.1) is 5.92 Å². The molecule has 0 radical (unpaired) electrons. The Morgan fingerprint density at radius 1 is 0.733 bits per heavy atom. The maximum Gasteiger partial charge on any atom is 0.218 e. The van der Waals surface area contributed by atoms with Crippen LogP contribution in [-0.4, -0.2) is 95.0 Å². The van der Waals surface area contributed by atoms with Gasteiger partial charge < -0.3 is 55.4 Å². The van der Waals surface area contributed by atoms with Crippen LogP contribution < -0.4 is 0 Å². The fourth-order valence-electron chi connectivity index (χ4n) is 2.93. The van der Waals surface area contributed by atoms with Gasteiger partial charge in [-0.2, -0.15) is 0 Å². The topological polar surface area (TPSA) is 201 Å². The van der Waals surface area contributed by atoms with Crippen LogP contribution in [-0.2, 0) is 9.47 Å². The zero-order valence-electron chi connectivity index (χ0n) is 17.5. The highest BCUT2D eigenvalue weighted by molar-refractivity contribution is 5.10. The second kappa shape index (κ2) is 11.1. The molecule has 0 aromatic heterocycles. The minimum atomic E-state index is -2.11. The summed E-state index contributed by atoms with van der Waals surface area (Å²) >= 11 is 0. The van der Waals surface area contributed by atoms with Gasteiger partial charge in [-0.15, -0.1) is 0 Å². The largest absolute Gasteiger partial charge is 0.506 e. The van der Waals surface area contributed by atoms with Crippen LogP contribution >= 0.6 is 0 Å². The molecule has 1 aliphatic rings. The second-order valence-electron chi connectivity index (χ2n) is 7.80. The van der Waals surface area contributed by atoms with Crippen molar-refractivity contribution >= 4 is 0 Å². The smallest absolute Gasteiger partial charge is 0.218 e. The van der Waals surface area contributed by atoms with Crippen LogP contribution in [0.15, 0.2) is 23.0 Å². The van der Waals surface area contributed by atoms with E-state index in [1.807, 2.05) is 0 Å². The fourth-order valence-corrected chi connectivity index (χ4v) is 2.93. The molecule has 0 bridgehead atoms. The van der Waals surface area contributed by atoms with Gasteiger partial charge in [-0.25, -0.2) is 0 Å². The lowest BCUT2D eigenvalue weighted by Gasteiger charge is -2.36. The van der Waals surface area contributed by atoms with E-state index in [1.165, 1.54) is 13.8 Å². The summed E-state index contributed by atoms with van der Waals surface area (Å²) in [5.74, 6) is -3.77. The quantitative estimate of drug-likeness (QED) is 0.174. The van der Waals surface area contributed by atoms with Crippen molar-refractivity contribution in [3.05, 3.63) is 23.0 Å². The Hall–Kier alpha value is -1.60. The molecule has 0 aliphatic heterocycles. The molecule has 176 valence electrons. The zero-order valence-corrected chi connectivity index (χ0v) is 17.5. The molecule has 0 spiro atoms. The number of hydrogen-bond donors (Lipinski definition) is 9. The summed E-state index contributed by atoms with van der Waals surface area (Å²) in [4.78, 5) is 0. The van der Waals surface area contributed by atoms with Crippen molar-refractivity contribution in [2.75, 3.05) is 0 Å². The zero-order chi connectivity index (χ0) is 23.3. The molecular weight excluding hydrogens is 404 g/mol. The van der Waals surface area contributed by atoms with Crippen molar-refractivity contribution in [3.63, 3.8) is 0 Å². The summed E-state index contributed by atoms with van der Waals surface area (Å²) in [5.41, 5.74) is 0. The number of aliphatic hydroxyl groups excluding tert-OH is 9. The molecule has 9 N–H and O–H groups in total. The highest BCUT2D eigenvalue weighted by atomic mass is 16.6. The predicted molar refractivity (Wildman–Crippen MR) is 104 cm³/mol. The highest BCUT2D eigenvalue weighted by Crippen LogP contribution is 2.26. The van der Waals surface area contributed by atoms with Crippen molar-refractivity contribution in [1.29, 1.82) is 0 Å². The van der Waals surface area contributed by atoms with Gasteiger partial charge in [0.25, 0.3) is 0 Å². The Kier molecular flexibility index (Phi) is 9.82. The summed E-state index contributed by atoms with van der Waals surface area (Å²) in [6, 6.07) is 0. The Labute approximate surface area is 174 Å². The molecule has 8 unspecified atom stereocenters. The van der Waals surface area contributed by atoms with Crippen LogP contribution in [0.2, 0.25) is 0 Å². The van der Waals surface area contributed by atoms with E-state index < -0.39 is 78.0 Å². The standard InChI is InChI=1S/C19H34O11/c1-7(2)12(21)17(26)13(22)9(4)30-19(28)18(27)14(23)8(3)29-11-6-5-10(20)15(24)16(11)25/h7-12,15-16,19-28H,5-6H2,1-4H3/b17-13-,18-14-. The lowest BCUT2D eigenvalue weighted by molar-refractivity contribution is -0.166. The maximum absolute atomic E-state index is 10.1. The summed E-state index contributed by atoms with van der Waals surface area (Å²) in [7, 11) is 0. The Morgan fingerprint density at radius 3 is 1.80 bits per heavy atom. The summed E-state index contributed by atoms with van der Waals surface area (Å²) < 4.78 is 10.4. The van der Waals surface area contributed by atoms with Gasteiger partial charge in [0.1, 0.15) is 30.5 Å². The third kappa shape index (κ3) is 6.45. The first-order valence-electron chi connectivity index (χ1n) is 9.74. The molecule has 0 amide bonds. The minimum Gasteiger partial charge on any atom is -0.506 e. The van der Waals surface area contributed by atoms with Gasteiger partial charge in [0.05, 0.1) is 12.2 Å². The fraction of sp³-hybridized carbons (Fsp3) is 0.789. The van der Waals surface area contributed by atoms with E-state index in [4.69, 9.17) is 9.47 Å². The molecule has 0 heterocycles. The second-order valence-corrected chi connectivity index (χ2v) is 7.80. The van der Waals surface area contributed by atoms with Crippen LogP contribution in [0.4, 0.5) is 0 Å². The molecule has 30 heavy (non-hydrogen) atoms. The molecular formula is C19H34O11. The molecule has 1 saturated carbocycles. The van der Waals surface area contributed by atoms with E-state index in [9.17, 15) is 46.0 Å². The molecule has 1 fully saturated rings. The maximum atomic E-state index is 10.1. The SMILES string of the molecule is CC(OC1CCC(O)C(O)C1O)/C(O)=C(/O)C(O)OC(C)/C(O)=C(/O)C(O)C(C)C. The van der Waals surface area contributed by atoms with Gasteiger partial charge in [-0.3, -0.25) is 0 Å². The highest BCUT2D eigenvalue weighted by Gasteiger charge is 2.38. The van der Waals surface area contributed by atoms with Crippen molar-refractivity contribution in [3.8, 4) is 0 Å². The third-order valence-corrected chi connectivity index (χ3v) is 5.02. The minimum absolute atomic E-state index is 0.159. The first-order chi connectivity index (χ1) is 13.8. The van der Waals surface area contributed by atoms with E-state index >= 15 is 0 Å². The molecule has 0 aromatic carbocycles. The van der Waals surface area contributed by atoms with Crippen molar-refractivity contribution in [1.82, 2.24) is 0 Å². The monoisotopic (exact) mass is 438 g/mol. The van der Waals surface area contributed by atoms with Gasteiger partial charge in [-0.1, -0.05) is 13.8 Å². The molecule has 1 aliphatic carbocycles. The van der Waals surface area contributed by atoms with Crippen molar-refractivity contribution in [2.24, 2.45) is 5.92 Å². The van der Waals surface area contributed by atoms with Gasteiger partial charge in [0, 0.05) is 0 Å². The van der Waals surface area contributed by atoms with E-state index in [0.717, 1.165) is 0 Å². The Morgan fingerprint density at radius 2 is 1.27 bits per heavy atom. The van der Waals surface area contributed by atoms with Crippen LogP contribution in [0.3, 0.4) is 0 Å². The van der Waals surface area contributed by atoms with Crippen LogP contribution in [0.25, 0.3) is 0 Å². The molecule has 8 atom stereocenters. The van der Waals surface area contributed by atoms with Crippen LogP contribution in [0.1, 0.15) is 40.5 Å². The molecule has 0 aromatic rings. The van der Waals surface area contributed by atoms with E-state index in [1.54, 1.807) is 13.8 Å². The summed E-state index contributed by atoms with van der Waals surface area (Å²) in [5, 5.41) is 88.9. The average molecular weight is 438 g/mol. The van der Waals surface area contributed by atoms with Gasteiger partial charge in [0.2, 0.25) is 6.29 Å². The molecule has 1 rings (SSSR count). The van der Waals surface area contributed by atoms with Crippen molar-refractivity contribution in [2.45, 2.75) is 89.6 Å². The first-order valence-corrected chi connectivity index (χ1v) is 9.74. The summed E-state index contributed by atoms with van der Waals surface area (Å²) in [6.07, 6.45) is -10.6. The predicted octanol–water partition coefficient (Wildman–Crippen LogP) is 0.0322. The van der Waals surface area contributed by atoms with Gasteiger partial charge in [0.15, 0.2) is 23.0 Å². The molecule has 0 saturated heterocycles. The summed E-state index contributed by atoms with van der Waals surface area (Å²) in [6.45, 7) is 5.75. The lowest BCUT2D eigenvalue weighted by atomic mass is 9.89. The molecule has 11 nitrogen and oxygen atoms in total. The van der Waals surface area contributed by atoms with Gasteiger partial charge >= 0.3 is 0 Å².